The predicted octanol–water partition coefficient (Wildman–Crippen LogP) is 4.06. The number of aryl methyl sites for hydroxylation is 1. The van der Waals surface area contributed by atoms with Crippen LogP contribution in [0.4, 0.5) is 5.95 Å². The Kier molecular flexibility index (Phi) is 5.83. The number of rotatable bonds is 7. The third-order valence-electron chi connectivity index (χ3n) is 5.95. The Labute approximate surface area is 172 Å². The molecule has 0 radical (unpaired) electrons. The van der Waals surface area contributed by atoms with E-state index in [1.54, 1.807) is 0 Å². The zero-order valence-corrected chi connectivity index (χ0v) is 17.6. The van der Waals surface area contributed by atoms with Crippen molar-refractivity contribution in [2.24, 2.45) is 11.8 Å². The SMILES string of the molecule is Cc1cc(-c2cnc(NC3CC3)nc2C2CCC(CNC(=O)C(C)C)CC2)on1. The molecule has 2 aliphatic rings. The molecule has 29 heavy (non-hydrogen) atoms. The summed E-state index contributed by atoms with van der Waals surface area (Å²) in [6, 6.07) is 2.46. The first-order valence-corrected chi connectivity index (χ1v) is 10.8. The highest BCUT2D eigenvalue weighted by Crippen LogP contribution is 2.39. The molecular formula is C22H31N5O2. The summed E-state index contributed by atoms with van der Waals surface area (Å²) >= 11 is 0. The van der Waals surface area contributed by atoms with Gasteiger partial charge in [0.15, 0.2) is 5.76 Å². The van der Waals surface area contributed by atoms with Crippen LogP contribution in [0.1, 0.15) is 69.7 Å². The summed E-state index contributed by atoms with van der Waals surface area (Å²) in [7, 11) is 0. The monoisotopic (exact) mass is 397 g/mol. The van der Waals surface area contributed by atoms with E-state index in [2.05, 4.69) is 20.8 Å². The van der Waals surface area contributed by atoms with Crippen LogP contribution in [0.5, 0.6) is 0 Å². The van der Waals surface area contributed by atoms with Crippen LogP contribution in [0.25, 0.3) is 11.3 Å². The van der Waals surface area contributed by atoms with Gasteiger partial charge in [-0.15, -0.1) is 0 Å². The normalized spacial score (nSPS) is 21.9. The lowest BCUT2D eigenvalue weighted by atomic mass is 9.79. The van der Waals surface area contributed by atoms with Crippen LogP contribution in [0.3, 0.4) is 0 Å². The highest BCUT2D eigenvalue weighted by Gasteiger charge is 2.28. The van der Waals surface area contributed by atoms with E-state index in [0.717, 1.165) is 54.9 Å². The molecule has 0 spiro atoms. The van der Waals surface area contributed by atoms with Crippen molar-refractivity contribution in [1.29, 1.82) is 0 Å². The zero-order chi connectivity index (χ0) is 20.4. The molecule has 2 aromatic rings. The Bertz CT molecular complexity index is 851. The molecule has 0 bridgehead atoms. The molecule has 2 N–H and O–H groups in total. The summed E-state index contributed by atoms with van der Waals surface area (Å²) in [5.41, 5.74) is 2.86. The number of nitrogens with one attached hydrogen (secondary N) is 2. The summed E-state index contributed by atoms with van der Waals surface area (Å²) in [5.74, 6) is 2.54. The summed E-state index contributed by atoms with van der Waals surface area (Å²) < 4.78 is 5.53. The largest absolute Gasteiger partial charge is 0.356 e. The van der Waals surface area contributed by atoms with Crippen molar-refractivity contribution in [1.82, 2.24) is 20.4 Å². The Morgan fingerprint density at radius 3 is 2.59 bits per heavy atom. The molecule has 2 heterocycles. The lowest BCUT2D eigenvalue weighted by molar-refractivity contribution is -0.124. The van der Waals surface area contributed by atoms with Crippen molar-refractivity contribution in [3.05, 3.63) is 23.7 Å². The van der Waals surface area contributed by atoms with Crippen LogP contribution in [-0.4, -0.2) is 33.6 Å². The average Bonchev–Trinajstić information content (AvgIpc) is 3.43. The van der Waals surface area contributed by atoms with Crippen molar-refractivity contribution in [2.45, 2.75) is 71.3 Å². The van der Waals surface area contributed by atoms with Crippen LogP contribution in [0.2, 0.25) is 0 Å². The molecule has 0 atom stereocenters. The van der Waals surface area contributed by atoms with E-state index in [4.69, 9.17) is 9.51 Å². The highest BCUT2D eigenvalue weighted by molar-refractivity contribution is 5.77. The number of amides is 1. The number of anilines is 1. The highest BCUT2D eigenvalue weighted by atomic mass is 16.5. The van der Waals surface area contributed by atoms with Gasteiger partial charge < -0.3 is 15.2 Å². The van der Waals surface area contributed by atoms with Crippen molar-refractivity contribution in [3.63, 3.8) is 0 Å². The third-order valence-corrected chi connectivity index (χ3v) is 5.95. The molecule has 2 aliphatic carbocycles. The number of aromatic nitrogens is 3. The quantitative estimate of drug-likeness (QED) is 0.732. The Balaban J connectivity index is 1.47. The topological polar surface area (TPSA) is 92.9 Å². The zero-order valence-electron chi connectivity index (χ0n) is 17.6. The third kappa shape index (κ3) is 4.95. The van der Waals surface area contributed by atoms with E-state index < -0.39 is 0 Å². The molecular weight excluding hydrogens is 366 g/mol. The fourth-order valence-electron chi connectivity index (χ4n) is 3.96. The molecule has 4 rings (SSSR count). The van der Waals surface area contributed by atoms with E-state index in [-0.39, 0.29) is 11.8 Å². The molecule has 2 fully saturated rings. The first-order chi connectivity index (χ1) is 14.0. The second-order valence-electron chi connectivity index (χ2n) is 8.86. The molecule has 0 aromatic carbocycles. The fraction of sp³-hybridized carbons (Fsp3) is 0.636. The Morgan fingerprint density at radius 2 is 1.97 bits per heavy atom. The van der Waals surface area contributed by atoms with Gasteiger partial charge in [-0.05, 0) is 51.4 Å². The average molecular weight is 398 g/mol. The van der Waals surface area contributed by atoms with Crippen molar-refractivity contribution in [3.8, 4) is 11.3 Å². The maximum Gasteiger partial charge on any atom is 0.223 e. The summed E-state index contributed by atoms with van der Waals surface area (Å²) in [6.07, 6.45) is 8.55. The van der Waals surface area contributed by atoms with Crippen molar-refractivity contribution in [2.75, 3.05) is 11.9 Å². The number of nitrogens with zero attached hydrogens (tertiary/aromatic N) is 3. The van der Waals surface area contributed by atoms with Gasteiger partial charge in [-0.25, -0.2) is 9.97 Å². The van der Waals surface area contributed by atoms with Gasteiger partial charge in [0.05, 0.1) is 17.0 Å². The van der Waals surface area contributed by atoms with Crippen LogP contribution in [0.15, 0.2) is 16.8 Å². The lowest BCUT2D eigenvalue weighted by Gasteiger charge is -2.29. The second-order valence-corrected chi connectivity index (χ2v) is 8.86. The fourth-order valence-corrected chi connectivity index (χ4v) is 3.96. The first kappa shape index (κ1) is 19.9. The van der Waals surface area contributed by atoms with Gasteiger partial charge in [0.2, 0.25) is 11.9 Å². The molecule has 2 saturated carbocycles. The molecule has 7 nitrogen and oxygen atoms in total. The van der Waals surface area contributed by atoms with E-state index in [0.29, 0.717) is 23.8 Å². The summed E-state index contributed by atoms with van der Waals surface area (Å²) in [4.78, 5) is 21.3. The van der Waals surface area contributed by atoms with Crippen LogP contribution in [-0.2, 0) is 4.79 Å². The van der Waals surface area contributed by atoms with Gasteiger partial charge in [0.25, 0.3) is 0 Å². The summed E-state index contributed by atoms with van der Waals surface area (Å²) in [5, 5.41) is 10.5. The smallest absolute Gasteiger partial charge is 0.223 e. The predicted molar refractivity (Wildman–Crippen MR) is 111 cm³/mol. The lowest BCUT2D eigenvalue weighted by Crippen LogP contribution is -2.33. The summed E-state index contributed by atoms with van der Waals surface area (Å²) in [6.45, 7) is 6.56. The van der Waals surface area contributed by atoms with Crippen LogP contribution < -0.4 is 10.6 Å². The maximum absolute atomic E-state index is 11.9. The van der Waals surface area contributed by atoms with E-state index in [9.17, 15) is 4.79 Å². The molecule has 2 aromatic heterocycles. The number of carbonyl (C=O) groups excluding carboxylic acids is 1. The van der Waals surface area contributed by atoms with Gasteiger partial charge in [-0.3, -0.25) is 4.79 Å². The maximum atomic E-state index is 11.9. The van der Waals surface area contributed by atoms with Crippen LogP contribution >= 0.6 is 0 Å². The van der Waals surface area contributed by atoms with Gasteiger partial charge in [-0.2, -0.15) is 0 Å². The molecule has 1 amide bonds. The van der Waals surface area contributed by atoms with Gasteiger partial charge in [0, 0.05) is 36.7 Å². The van der Waals surface area contributed by atoms with Crippen molar-refractivity contribution < 1.29 is 9.32 Å². The minimum absolute atomic E-state index is 0.0395. The molecule has 0 aliphatic heterocycles. The van der Waals surface area contributed by atoms with Gasteiger partial charge >= 0.3 is 0 Å². The standard InChI is InChI=1S/C22H31N5O2/c1-13(2)21(28)23-11-15-4-6-16(7-5-15)20-18(19-10-14(3)27-29-19)12-24-22(26-20)25-17-8-9-17/h10,12-13,15-17H,4-9,11H2,1-3H3,(H,23,28)(H,24,25,26). The number of hydrogen-bond acceptors (Lipinski definition) is 6. The minimum Gasteiger partial charge on any atom is -0.356 e. The number of carbonyl (C=O) groups is 1. The Hall–Kier alpha value is -2.44. The minimum atomic E-state index is 0.0395. The van der Waals surface area contributed by atoms with E-state index >= 15 is 0 Å². The first-order valence-electron chi connectivity index (χ1n) is 10.8. The molecule has 0 unspecified atom stereocenters. The molecule has 156 valence electrons. The molecule has 7 heteroatoms. The Morgan fingerprint density at radius 1 is 1.21 bits per heavy atom. The number of hydrogen-bond donors (Lipinski definition) is 2. The van der Waals surface area contributed by atoms with E-state index in [1.807, 2.05) is 33.0 Å². The van der Waals surface area contributed by atoms with Crippen molar-refractivity contribution >= 4 is 11.9 Å². The van der Waals surface area contributed by atoms with Crippen LogP contribution in [0, 0.1) is 18.8 Å². The van der Waals surface area contributed by atoms with Gasteiger partial charge in [-0.1, -0.05) is 19.0 Å². The molecule has 0 saturated heterocycles. The van der Waals surface area contributed by atoms with Gasteiger partial charge in [0.1, 0.15) is 0 Å². The second kappa shape index (κ2) is 8.51. The van der Waals surface area contributed by atoms with E-state index in [1.165, 1.54) is 12.8 Å².